The highest BCUT2D eigenvalue weighted by molar-refractivity contribution is 5.76. The summed E-state index contributed by atoms with van der Waals surface area (Å²) in [5.41, 5.74) is 8.62. The summed E-state index contributed by atoms with van der Waals surface area (Å²) in [6.07, 6.45) is 2.17. The Morgan fingerprint density at radius 3 is 2.74 bits per heavy atom. The molecule has 128 valence electrons. The van der Waals surface area contributed by atoms with Crippen molar-refractivity contribution < 1.29 is 9.53 Å². The van der Waals surface area contributed by atoms with E-state index >= 15 is 0 Å². The maximum Gasteiger partial charge on any atom is 0.222 e. The number of ether oxygens (including phenoxy) is 1. The molecule has 1 saturated heterocycles. The van der Waals surface area contributed by atoms with Gasteiger partial charge in [-0.25, -0.2) is 0 Å². The van der Waals surface area contributed by atoms with Gasteiger partial charge >= 0.3 is 0 Å². The van der Waals surface area contributed by atoms with Crippen molar-refractivity contribution in [1.82, 2.24) is 4.90 Å². The van der Waals surface area contributed by atoms with Crippen molar-refractivity contribution in [3.05, 3.63) is 29.3 Å². The number of aryl methyl sites for hydroxylation is 2. The normalized spacial score (nSPS) is 20.4. The van der Waals surface area contributed by atoms with Crippen LogP contribution in [0.4, 0.5) is 0 Å². The van der Waals surface area contributed by atoms with E-state index in [0.717, 1.165) is 31.7 Å². The van der Waals surface area contributed by atoms with Crippen molar-refractivity contribution in [2.75, 3.05) is 19.7 Å². The molecule has 0 bridgehead atoms. The molecule has 4 nitrogen and oxygen atoms in total. The zero-order valence-corrected chi connectivity index (χ0v) is 14.9. The van der Waals surface area contributed by atoms with Crippen LogP contribution in [-0.2, 0) is 4.79 Å². The molecule has 2 N–H and O–H groups in total. The van der Waals surface area contributed by atoms with E-state index in [4.69, 9.17) is 10.5 Å². The lowest BCUT2D eigenvalue weighted by Crippen LogP contribution is -2.54. The van der Waals surface area contributed by atoms with Crippen LogP contribution >= 0.6 is 0 Å². The molecule has 1 aliphatic rings. The molecule has 0 radical (unpaired) electrons. The minimum Gasteiger partial charge on any atom is -0.494 e. The first-order valence-corrected chi connectivity index (χ1v) is 8.53. The molecule has 0 spiro atoms. The molecular formula is C19H30N2O2. The number of hydrogen-bond acceptors (Lipinski definition) is 3. The molecule has 1 aliphatic heterocycles. The van der Waals surface area contributed by atoms with Gasteiger partial charge in [0.2, 0.25) is 5.91 Å². The number of nitrogens with two attached hydrogens (primary N) is 1. The van der Waals surface area contributed by atoms with Gasteiger partial charge < -0.3 is 15.4 Å². The summed E-state index contributed by atoms with van der Waals surface area (Å²) < 4.78 is 5.75. The topological polar surface area (TPSA) is 55.6 Å². The molecule has 1 heterocycles. The highest BCUT2D eigenvalue weighted by Crippen LogP contribution is 2.28. The monoisotopic (exact) mass is 318 g/mol. The number of piperidine rings is 1. The van der Waals surface area contributed by atoms with Crippen LogP contribution < -0.4 is 10.5 Å². The Bertz CT molecular complexity index is 554. The minimum atomic E-state index is 0.00380. The van der Waals surface area contributed by atoms with Crippen LogP contribution in [0.3, 0.4) is 0 Å². The summed E-state index contributed by atoms with van der Waals surface area (Å²) in [6.45, 7) is 10.6. The second-order valence-corrected chi connectivity index (χ2v) is 7.40. The number of likely N-dealkylation sites (tertiary alicyclic amines) is 1. The van der Waals surface area contributed by atoms with Gasteiger partial charge in [0.1, 0.15) is 5.75 Å². The lowest BCUT2D eigenvalue weighted by molar-refractivity contribution is -0.134. The average Bonchev–Trinajstić information content (AvgIpc) is 2.49. The van der Waals surface area contributed by atoms with Crippen molar-refractivity contribution >= 4 is 5.91 Å². The lowest BCUT2D eigenvalue weighted by Gasteiger charge is -2.42. The second kappa shape index (κ2) is 7.35. The number of hydrogen-bond donors (Lipinski definition) is 1. The first-order valence-electron chi connectivity index (χ1n) is 8.53. The predicted octanol–water partition coefficient (Wildman–Crippen LogP) is 3.05. The Balaban J connectivity index is 1.73. The van der Waals surface area contributed by atoms with Gasteiger partial charge in [-0.2, -0.15) is 0 Å². The molecule has 1 fully saturated rings. The summed E-state index contributed by atoms with van der Waals surface area (Å²) in [4.78, 5) is 14.3. The van der Waals surface area contributed by atoms with Crippen LogP contribution in [0.15, 0.2) is 18.2 Å². The Morgan fingerprint density at radius 1 is 1.35 bits per heavy atom. The molecular weight excluding hydrogens is 288 g/mol. The van der Waals surface area contributed by atoms with Gasteiger partial charge in [-0.15, -0.1) is 0 Å². The van der Waals surface area contributed by atoms with Crippen molar-refractivity contribution in [3.63, 3.8) is 0 Å². The molecule has 1 unspecified atom stereocenters. The molecule has 1 amide bonds. The van der Waals surface area contributed by atoms with Gasteiger partial charge in [-0.3, -0.25) is 4.79 Å². The standard InChI is InChI=1S/C19H30N2O2/c1-14-7-8-16(12-15(14)2)23-11-5-6-18(22)21-10-9-17(20)19(3,4)13-21/h7-8,12,17H,5-6,9-11,13,20H2,1-4H3. The van der Waals surface area contributed by atoms with E-state index < -0.39 is 0 Å². The van der Waals surface area contributed by atoms with Crippen molar-refractivity contribution in [2.45, 2.75) is 53.0 Å². The first kappa shape index (κ1) is 17.8. The summed E-state index contributed by atoms with van der Waals surface area (Å²) >= 11 is 0. The van der Waals surface area contributed by atoms with Gasteiger partial charge in [-0.05, 0) is 55.4 Å². The fraction of sp³-hybridized carbons (Fsp3) is 0.632. The largest absolute Gasteiger partial charge is 0.494 e. The Kier molecular flexibility index (Phi) is 5.69. The molecule has 0 aliphatic carbocycles. The highest BCUT2D eigenvalue weighted by atomic mass is 16.5. The van der Waals surface area contributed by atoms with Gasteiger partial charge in [0.25, 0.3) is 0 Å². The first-order chi connectivity index (χ1) is 10.8. The SMILES string of the molecule is Cc1ccc(OCCCC(=O)N2CCC(N)C(C)(C)C2)cc1C. The minimum absolute atomic E-state index is 0.00380. The molecule has 1 atom stereocenters. The number of carbonyl (C=O) groups excluding carboxylic acids is 1. The van der Waals surface area contributed by atoms with Gasteiger partial charge in [0.15, 0.2) is 0 Å². The fourth-order valence-electron chi connectivity index (χ4n) is 2.96. The van der Waals surface area contributed by atoms with Crippen LogP contribution in [0.25, 0.3) is 0 Å². The average molecular weight is 318 g/mol. The summed E-state index contributed by atoms with van der Waals surface area (Å²) in [5, 5.41) is 0. The Morgan fingerprint density at radius 2 is 2.09 bits per heavy atom. The quantitative estimate of drug-likeness (QED) is 0.849. The van der Waals surface area contributed by atoms with Crippen LogP contribution in [0.5, 0.6) is 5.75 Å². The third-order valence-corrected chi connectivity index (χ3v) is 4.95. The summed E-state index contributed by atoms with van der Waals surface area (Å²) in [6, 6.07) is 6.28. The molecule has 23 heavy (non-hydrogen) atoms. The summed E-state index contributed by atoms with van der Waals surface area (Å²) in [7, 11) is 0. The summed E-state index contributed by atoms with van der Waals surface area (Å²) in [5.74, 6) is 1.10. The number of benzene rings is 1. The van der Waals surface area contributed by atoms with E-state index in [2.05, 4.69) is 33.8 Å². The van der Waals surface area contributed by atoms with Crippen LogP contribution in [0, 0.1) is 19.3 Å². The zero-order valence-electron chi connectivity index (χ0n) is 14.9. The van der Waals surface area contributed by atoms with Crippen LogP contribution in [-0.4, -0.2) is 36.5 Å². The Hall–Kier alpha value is -1.55. The third kappa shape index (κ3) is 4.71. The highest BCUT2D eigenvalue weighted by Gasteiger charge is 2.34. The smallest absolute Gasteiger partial charge is 0.222 e. The van der Waals surface area contributed by atoms with Gasteiger partial charge in [0.05, 0.1) is 6.61 Å². The fourth-order valence-corrected chi connectivity index (χ4v) is 2.96. The molecule has 1 aromatic rings. The number of nitrogens with zero attached hydrogens (tertiary/aromatic N) is 1. The molecule has 2 rings (SSSR count). The number of carbonyl (C=O) groups is 1. The van der Waals surface area contributed by atoms with E-state index in [1.54, 1.807) is 0 Å². The van der Waals surface area contributed by atoms with Gasteiger partial charge in [-0.1, -0.05) is 19.9 Å². The van der Waals surface area contributed by atoms with E-state index in [0.29, 0.717) is 13.0 Å². The van der Waals surface area contributed by atoms with Crippen molar-refractivity contribution in [1.29, 1.82) is 0 Å². The van der Waals surface area contributed by atoms with Crippen molar-refractivity contribution in [2.24, 2.45) is 11.1 Å². The van der Waals surface area contributed by atoms with Gasteiger partial charge in [0, 0.05) is 25.6 Å². The molecule has 1 aromatic carbocycles. The lowest BCUT2D eigenvalue weighted by atomic mass is 9.79. The zero-order chi connectivity index (χ0) is 17.0. The van der Waals surface area contributed by atoms with Crippen LogP contribution in [0.2, 0.25) is 0 Å². The third-order valence-electron chi connectivity index (χ3n) is 4.95. The van der Waals surface area contributed by atoms with Crippen LogP contribution in [0.1, 0.15) is 44.2 Å². The number of amides is 1. The Labute approximate surface area is 140 Å². The van der Waals surface area contributed by atoms with E-state index in [-0.39, 0.29) is 17.4 Å². The van der Waals surface area contributed by atoms with E-state index in [1.807, 2.05) is 17.0 Å². The number of rotatable bonds is 5. The van der Waals surface area contributed by atoms with Crippen molar-refractivity contribution in [3.8, 4) is 5.75 Å². The van der Waals surface area contributed by atoms with E-state index in [9.17, 15) is 4.79 Å². The molecule has 4 heteroatoms. The van der Waals surface area contributed by atoms with E-state index in [1.165, 1.54) is 11.1 Å². The maximum absolute atomic E-state index is 12.3. The molecule has 0 aromatic heterocycles. The second-order valence-electron chi connectivity index (χ2n) is 7.40. The molecule has 0 saturated carbocycles. The predicted molar refractivity (Wildman–Crippen MR) is 93.6 cm³/mol. The maximum atomic E-state index is 12.3.